The van der Waals surface area contributed by atoms with E-state index >= 15 is 0 Å². The normalized spacial score (nSPS) is 27.6. The summed E-state index contributed by atoms with van der Waals surface area (Å²) in [6, 6.07) is 8.38. The number of halogens is 1. The number of likely N-dealkylation sites (tertiary alicyclic amines) is 1. The van der Waals surface area contributed by atoms with E-state index in [9.17, 15) is 4.39 Å². The molecule has 1 aliphatic heterocycles. The van der Waals surface area contributed by atoms with Crippen molar-refractivity contribution < 1.29 is 4.39 Å². The third-order valence-electron chi connectivity index (χ3n) is 5.39. The Morgan fingerprint density at radius 3 is 2.14 bits per heavy atom. The lowest BCUT2D eigenvalue weighted by Gasteiger charge is -2.44. The van der Waals surface area contributed by atoms with Crippen molar-refractivity contribution in [3.8, 4) is 0 Å². The summed E-state index contributed by atoms with van der Waals surface area (Å²) < 4.78 is 13.0. The first-order valence-corrected chi connectivity index (χ1v) is 8.68. The molecular formula is C19H29FN2. The van der Waals surface area contributed by atoms with Crippen LogP contribution < -0.4 is 5.32 Å². The van der Waals surface area contributed by atoms with Crippen molar-refractivity contribution in [2.75, 3.05) is 13.1 Å². The van der Waals surface area contributed by atoms with Crippen LogP contribution >= 0.6 is 0 Å². The molecule has 1 heterocycles. The standard InChI is InChI=1S/C19H29FN2/c1-19(2,3)22-10-8-17(9-11-22)21-18-12-15(13-18)14-4-6-16(20)7-5-14/h4-7,15,17-18,21H,8-13H2,1-3H3. The molecule has 1 aromatic rings. The molecule has 2 nitrogen and oxygen atoms in total. The summed E-state index contributed by atoms with van der Waals surface area (Å²) in [6.07, 6.45) is 4.92. The zero-order valence-corrected chi connectivity index (χ0v) is 14.1. The van der Waals surface area contributed by atoms with Crippen LogP contribution in [0.15, 0.2) is 24.3 Å². The summed E-state index contributed by atoms with van der Waals surface area (Å²) in [5, 5.41) is 3.84. The predicted molar refractivity (Wildman–Crippen MR) is 89.6 cm³/mol. The zero-order chi connectivity index (χ0) is 15.7. The van der Waals surface area contributed by atoms with Gasteiger partial charge in [-0.05, 0) is 70.1 Å². The number of piperidine rings is 1. The van der Waals surface area contributed by atoms with Gasteiger partial charge in [-0.2, -0.15) is 0 Å². The van der Waals surface area contributed by atoms with Crippen LogP contribution in [0.4, 0.5) is 4.39 Å². The molecule has 0 spiro atoms. The van der Waals surface area contributed by atoms with E-state index < -0.39 is 0 Å². The lowest BCUT2D eigenvalue weighted by molar-refractivity contribution is 0.0890. The summed E-state index contributed by atoms with van der Waals surface area (Å²) in [5.41, 5.74) is 1.59. The first-order valence-electron chi connectivity index (χ1n) is 8.68. The van der Waals surface area contributed by atoms with Gasteiger partial charge in [0, 0.05) is 30.7 Å². The molecule has 122 valence electrons. The van der Waals surface area contributed by atoms with Crippen LogP contribution in [0.5, 0.6) is 0 Å². The minimum Gasteiger partial charge on any atom is -0.311 e. The van der Waals surface area contributed by atoms with Crippen molar-refractivity contribution in [2.45, 2.75) is 70.0 Å². The Hall–Kier alpha value is -0.930. The van der Waals surface area contributed by atoms with Crippen LogP contribution in [-0.4, -0.2) is 35.6 Å². The van der Waals surface area contributed by atoms with Gasteiger partial charge in [0.05, 0.1) is 0 Å². The topological polar surface area (TPSA) is 15.3 Å². The molecule has 1 aromatic carbocycles. The van der Waals surface area contributed by atoms with Gasteiger partial charge in [-0.3, -0.25) is 4.90 Å². The third-order valence-corrected chi connectivity index (χ3v) is 5.39. The second-order valence-corrected chi connectivity index (χ2v) is 8.02. The Labute approximate surface area is 134 Å². The lowest BCUT2D eigenvalue weighted by Crippen LogP contribution is -2.53. The minimum atomic E-state index is -0.136. The molecule has 22 heavy (non-hydrogen) atoms. The zero-order valence-electron chi connectivity index (χ0n) is 14.1. The van der Waals surface area contributed by atoms with Gasteiger partial charge in [0.2, 0.25) is 0 Å². The molecule has 1 saturated heterocycles. The first kappa shape index (κ1) is 15.9. The second kappa shape index (κ2) is 6.29. The molecule has 0 unspecified atom stereocenters. The predicted octanol–water partition coefficient (Wildman–Crippen LogP) is 3.92. The van der Waals surface area contributed by atoms with Crippen LogP contribution in [0.2, 0.25) is 0 Å². The fourth-order valence-electron chi connectivity index (χ4n) is 3.81. The summed E-state index contributed by atoms with van der Waals surface area (Å²) in [7, 11) is 0. The van der Waals surface area contributed by atoms with Crippen molar-refractivity contribution in [2.24, 2.45) is 0 Å². The molecule has 2 fully saturated rings. The average Bonchev–Trinajstić information content (AvgIpc) is 2.43. The van der Waals surface area contributed by atoms with Crippen LogP contribution in [0, 0.1) is 5.82 Å². The van der Waals surface area contributed by atoms with Crippen molar-refractivity contribution in [3.63, 3.8) is 0 Å². The molecule has 1 aliphatic carbocycles. The number of nitrogens with one attached hydrogen (secondary N) is 1. The van der Waals surface area contributed by atoms with Crippen LogP contribution in [0.1, 0.15) is 57.9 Å². The van der Waals surface area contributed by atoms with Crippen molar-refractivity contribution >= 4 is 0 Å². The number of hydrogen-bond acceptors (Lipinski definition) is 2. The monoisotopic (exact) mass is 304 g/mol. The highest BCUT2D eigenvalue weighted by molar-refractivity contribution is 5.23. The highest BCUT2D eigenvalue weighted by Crippen LogP contribution is 2.37. The van der Waals surface area contributed by atoms with E-state index in [1.165, 1.54) is 44.3 Å². The van der Waals surface area contributed by atoms with Gasteiger partial charge in [-0.25, -0.2) is 4.39 Å². The largest absolute Gasteiger partial charge is 0.311 e. The molecular weight excluding hydrogens is 275 g/mol. The smallest absolute Gasteiger partial charge is 0.123 e. The molecule has 1 N–H and O–H groups in total. The fourth-order valence-corrected chi connectivity index (χ4v) is 3.81. The van der Waals surface area contributed by atoms with Gasteiger partial charge in [0.1, 0.15) is 5.82 Å². The minimum absolute atomic E-state index is 0.136. The molecule has 0 amide bonds. The Kier molecular flexibility index (Phi) is 4.56. The SMILES string of the molecule is CC(C)(C)N1CCC(NC2CC(c3ccc(F)cc3)C2)CC1. The second-order valence-electron chi connectivity index (χ2n) is 8.02. The summed E-state index contributed by atoms with van der Waals surface area (Å²) >= 11 is 0. The maximum atomic E-state index is 13.0. The van der Waals surface area contributed by atoms with E-state index in [2.05, 4.69) is 31.0 Å². The van der Waals surface area contributed by atoms with E-state index in [4.69, 9.17) is 0 Å². The Bertz CT molecular complexity index is 477. The first-order chi connectivity index (χ1) is 10.4. The Morgan fingerprint density at radius 1 is 1.00 bits per heavy atom. The molecule has 0 bridgehead atoms. The van der Waals surface area contributed by atoms with Crippen LogP contribution in [-0.2, 0) is 0 Å². The molecule has 2 aliphatic rings. The average molecular weight is 304 g/mol. The summed E-state index contributed by atoms with van der Waals surface area (Å²) in [5.74, 6) is 0.483. The highest BCUT2D eigenvalue weighted by atomic mass is 19.1. The Balaban J connectivity index is 1.41. The Morgan fingerprint density at radius 2 is 1.59 bits per heavy atom. The van der Waals surface area contributed by atoms with E-state index in [0.717, 1.165) is 0 Å². The number of hydrogen-bond donors (Lipinski definition) is 1. The maximum absolute atomic E-state index is 13.0. The van der Waals surface area contributed by atoms with E-state index in [1.807, 2.05) is 12.1 Å². The fraction of sp³-hybridized carbons (Fsp3) is 0.684. The van der Waals surface area contributed by atoms with Gasteiger partial charge in [-0.15, -0.1) is 0 Å². The van der Waals surface area contributed by atoms with Crippen molar-refractivity contribution in [1.29, 1.82) is 0 Å². The third kappa shape index (κ3) is 3.69. The van der Waals surface area contributed by atoms with Gasteiger partial charge < -0.3 is 5.32 Å². The maximum Gasteiger partial charge on any atom is 0.123 e. The lowest BCUT2D eigenvalue weighted by atomic mass is 9.75. The molecule has 0 aromatic heterocycles. The van der Waals surface area contributed by atoms with Gasteiger partial charge >= 0.3 is 0 Å². The number of nitrogens with zero attached hydrogens (tertiary/aromatic N) is 1. The molecule has 3 heteroatoms. The number of benzene rings is 1. The van der Waals surface area contributed by atoms with Crippen LogP contribution in [0.25, 0.3) is 0 Å². The molecule has 1 saturated carbocycles. The summed E-state index contributed by atoms with van der Waals surface area (Å²) in [6.45, 7) is 9.32. The van der Waals surface area contributed by atoms with Crippen LogP contribution in [0.3, 0.4) is 0 Å². The molecule has 0 atom stereocenters. The van der Waals surface area contributed by atoms with Gasteiger partial charge in [0.15, 0.2) is 0 Å². The molecule has 3 rings (SSSR count). The number of rotatable bonds is 3. The van der Waals surface area contributed by atoms with Crippen molar-refractivity contribution in [3.05, 3.63) is 35.6 Å². The van der Waals surface area contributed by atoms with E-state index in [-0.39, 0.29) is 5.82 Å². The van der Waals surface area contributed by atoms with E-state index in [0.29, 0.717) is 23.5 Å². The summed E-state index contributed by atoms with van der Waals surface area (Å²) in [4.78, 5) is 2.59. The van der Waals surface area contributed by atoms with Gasteiger partial charge in [-0.1, -0.05) is 12.1 Å². The van der Waals surface area contributed by atoms with Gasteiger partial charge in [0.25, 0.3) is 0 Å². The molecule has 0 radical (unpaired) electrons. The van der Waals surface area contributed by atoms with E-state index in [1.54, 1.807) is 12.1 Å². The quantitative estimate of drug-likeness (QED) is 0.910. The highest BCUT2D eigenvalue weighted by Gasteiger charge is 2.33. The van der Waals surface area contributed by atoms with Crippen molar-refractivity contribution in [1.82, 2.24) is 10.2 Å².